The Hall–Kier alpha value is -3.36. The molecule has 2 rings (SSSR count). The molecule has 118 valence electrons. The lowest BCUT2D eigenvalue weighted by molar-refractivity contribution is -0.385. The largest absolute Gasteiger partial charge is 0.415 e. The van der Waals surface area contributed by atoms with Gasteiger partial charge in [-0.25, -0.2) is 9.18 Å². The molecule has 2 aromatic carbocycles. The molecule has 0 atom stereocenters. The summed E-state index contributed by atoms with van der Waals surface area (Å²) < 4.78 is 18.0. The maximum Gasteiger partial charge on any atom is 0.344 e. The van der Waals surface area contributed by atoms with Crippen molar-refractivity contribution in [1.29, 1.82) is 0 Å². The number of rotatable bonds is 4. The number of aryl methyl sites for hydroxylation is 1. The second kappa shape index (κ2) is 6.18. The molecule has 0 N–H and O–H groups in total. The van der Waals surface area contributed by atoms with Crippen molar-refractivity contribution >= 4 is 17.3 Å². The van der Waals surface area contributed by atoms with E-state index in [1.165, 1.54) is 19.1 Å². The standard InChI is InChI=1S/C14H9FN2O6/c1-8-2-3-9(6-12(8)17(21)22)14(18)23-13-7-10(15)4-5-11(13)16(19)20/h2-7H,1H3. The van der Waals surface area contributed by atoms with Crippen molar-refractivity contribution < 1.29 is 23.8 Å². The number of ether oxygens (including phenoxy) is 1. The van der Waals surface area contributed by atoms with Crippen LogP contribution in [0, 0.1) is 33.0 Å². The number of halogens is 1. The molecule has 0 saturated heterocycles. The number of carbonyl (C=O) groups is 1. The first kappa shape index (κ1) is 16.0. The third kappa shape index (κ3) is 3.46. The van der Waals surface area contributed by atoms with E-state index in [2.05, 4.69) is 0 Å². The average molecular weight is 320 g/mol. The van der Waals surface area contributed by atoms with Crippen molar-refractivity contribution in [3.05, 3.63) is 73.6 Å². The highest BCUT2D eigenvalue weighted by molar-refractivity contribution is 5.92. The van der Waals surface area contributed by atoms with Crippen molar-refractivity contribution in [2.24, 2.45) is 0 Å². The lowest BCUT2D eigenvalue weighted by Crippen LogP contribution is -2.10. The van der Waals surface area contributed by atoms with E-state index in [9.17, 15) is 29.4 Å². The van der Waals surface area contributed by atoms with Crippen LogP contribution in [0.1, 0.15) is 15.9 Å². The minimum absolute atomic E-state index is 0.180. The molecule has 0 bridgehead atoms. The molecule has 0 saturated carbocycles. The molecule has 0 heterocycles. The first-order chi connectivity index (χ1) is 10.8. The van der Waals surface area contributed by atoms with E-state index in [0.29, 0.717) is 11.6 Å². The topological polar surface area (TPSA) is 113 Å². The molecule has 0 aliphatic rings. The second-order valence-electron chi connectivity index (χ2n) is 4.52. The maximum absolute atomic E-state index is 13.2. The molecule has 2 aromatic rings. The van der Waals surface area contributed by atoms with Crippen molar-refractivity contribution in [1.82, 2.24) is 0 Å². The number of benzene rings is 2. The van der Waals surface area contributed by atoms with Crippen molar-refractivity contribution in [3.8, 4) is 5.75 Å². The molecule has 9 heteroatoms. The highest BCUT2D eigenvalue weighted by atomic mass is 19.1. The summed E-state index contributed by atoms with van der Waals surface area (Å²) in [5.74, 6) is -2.47. The Kier molecular flexibility index (Phi) is 4.30. The van der Waals surface area contributed by atoms with Gasteiger partial charge in [-0.15, -0.1) is 0 Å². The molecule has 0 radical (unpaired) electrons. The van der Waals surface area contributed by atoms with Gasteiger partial charge in [0.2, 0.25) is 5.75 Å². The second-order valence-corrected chi connectivity index (χ2v) is 4.52. The Labute approximate surface area is 128 Å². The molecule has 0 aliphatic carbocycles. The smallest absolute Gasteiger partial charge is 0.344 e. The summed E-state index contributed by atoms with van der Waals surface area (Å²) in [5, 5.41) is 21.7. The lowest BCUT2D eigenvalue weighted by Gasteiger charge is -2.06. The first-order valence-corrected chi connectivity index (χ1v) is 6.20. The number of nitro benzene ring substituents is 2. The van der Waals surface area contributed by atoms with E-state index in [4.69, 9.17) is 4.74 Å². The van der Waals surface area contributed by atoms with E-state index in [-0.39, 0.29) is 11.3 Å². The van der Waals surface area contributed by atoms with Gasteiger partial charge in [-0.05, 0) is 19.1 Å². The number of esters is 1. The number of hydrogen-bond donors (Lipinski definition) is 0. The predicted molar refractivity (Wildman–Crippen MR) is 75.8 cm³/mol. The van der Waals surface area contributed by atoms with Crippen LogP contribution in [0.4, 0.5) is 15.8 Å². The van der Waals surface area contributed by atoms with E-state index >= 15 is 0 Å². The van der Waals surface area contributed by atoms with E-state index in [1.54, 1.807) is 0 Å². The van der Waals surface area contributed by atoms with Crippen molar-refractivity contribution in [2.45, 2.75) is 6.92 Å². The number of nitrogens with zero attached hydrogens (tertiary/aromatic N) is 2. The SMILES string of the molecule is Cc1ccc(C(=O)Oc2cc(F)ccc2[N+](=O)[O-])cc1[N+](=O)[O-]. The molecule has 0 aromatic heterocycles. The highest BCUT2D eigenvalue weighted by Crippen LogP contribution is 2.29. The van der Waals surface area contributed by atoms with Crippen LogP contribution in [0.5, 0.6) is 5.75 Å². The van der Waals surface area contributed by atoms with Gasteiger partial charge in [-0.3, -0.25) is 20.2 Å². The summed E-state index contributed by atoms with van der Waals surface area (Å²) in [5.41, 5.74) is -0.737. The van der Waals surface area contributed by atoms with Crippen molar-refractivity contribution in [2.75, 3.05) is 0 Å². The Morgan fingerprint density at radius 1 is 1.04 bits per heavy atom. The summed E-state index contributed by atoms with van der Waals surface area (Å²) in [7, 11) is 0. The third-order valence-corrected chi connectivity index (χ3v) is 2.96. The quantitative estimate of drug-likeness (QED) is 0.370. The third-order valence-electron chi connectivity index (χ3n) is 2.96. The maximum atomic E-state index is 13.2. The summed E-state index contributed by atoms with van der Waals surface area (Å²) in [6.07, 6.45) is 0. The zero-order valence-electron chi connectivity index (χ0n) is 11.7. The summed E-state index contributed by atoms with van der Waals surface area (Å²) in [6.45, 7) is 1.49. The number of nitro groups is 2. The lowest BCUT2D eigenvalue weighted by atomic mass is 10.1. The average Bonchev–Trinajstić information content (AvgIpc) is 2.46. The van der Waals surface area contributed by atoms with Crippen LogP contribution in [0.2, 0.25) is 0 Å². The van der Waals surface area contributed by atoms with Gasteiger partial charge in [0.1, 0.15) is 5.82 Å². The Balaban J connectivity index is 2.37. The van der Waals surface area contributed by atoms with Crippen LogP contribution in [0.3, 0.4) is 0 Å². The molecular weight excluding hydrogens is 311 g/mol. The van der Waals surface area contributed by atoms with Gasteiger partial charge in [0.05, 0.1) is 15.4 Å². The van der Waals surface area contributed by atoms with Crippen LogP contribution in [0.15, 0.2) is 36.4 Å². The van der Waals surface area contributed by atoms with Gasteiger partial charge in [-0.1, -0.05) is 6.07 Å². The molecule has 0 amide bonds. The van der Waals surface area contributed by atoms with Crippen LogP contribution < -0.4 is 4.74 Å². The van der Waals surface area contributed by atoms with Crippen LogP contribution in [-0.4, -0.2) is 15.8 Å². The van der Waals surface area contributed by atoms with Gasteiger partial charge in [-0.2, -0.15) is 0 Å². The minimum Gasteiger partial charge on any atom is -0.415 e. The zero-order valence-corrected chi connectivity index (χ0v) is 11.7. The molecule has 0 unspecified atom stereocenters. The Morgan fingerprint density at radius 2 is 1.70 bits per heavy atom. The Morgan fingerprint density at radius 3 is 2.30 bits per heavy atom. The monoisotopic (exact) mass is 320 g/mol. The Bertz CT molecular complexity index is 821. The molecule has 0 fully saturated rings. The first-order valence-electron chi connectivity index (χ1n) is 6.20. The normalized spacial score (nSPS) is 10.2. The summed E-state index contributed by atoms with van der Waals surface area (Å²) in [6, 6.07) is 6.01. The van der Waals surface area contributed by atoms with Gasteiger partial charge in [0, 0.05) is 23.8 Å². The van der Waals surface area contributed by atoms with Gasteiger partial charge < -0.3 is 4.74 Å². The zero-order chi connectivity index (χ0) is 17.1. The van der Waals surface area contributed by atoms with Gasteiger partial charge in [0.25, 0.3) is 5.69 Å². The van der Waals surface area contributed by atoms with Gasteiger partial charge >= 0.3 is 11.7 Å². The summed E-state index contributed by atoms with van der Waals surface area (Å²) in [4.78, 5) is 32.2. The molecule has 23 heavy (non-hydrogen) atoms. The molecule has 0 aliphatic heterocycles. The van der Waals surface area contributed by atoms with Crippen LogP contribution in [0.25, 0.3) is 0 Å². The minimum atomic E-state index is -1.07. The molecular formula is C14H9FN2O6. The fourth-order valence-corrected chi connectivity index (χ4v) is 1.81. The van der Waals surface area contributed by atoms with Crippen LogP contribution in [-0.2, 0) is 0 Å². The van der Waals surface area contributed by atoms with E-state index in [0.717, 1.165) is 18.2 Å². The van der Waals surface area contributed by atoms with Gasteiger partial charge in [0.15, 0.2) is 0 Å². The number of hydrogen-bond acceptors (Lipinski definition) is 6. The van der Waals surface area contributed by atoms with E-state index in [1.807, 2.05) is 0 Å². The van der Waals surface area contributed by atoms with E-state index < -0.39 is 33.1 Å². The van der Waals surface area contributed by atoms with Crippen LogP contribution >= 0.6 is 0 Å². The molecule has 0 spiro atoms. The fraction of sp³-hybridized carbons (Fsp3) is 0.0714. The molecule has 8 nitrogen and oxygen atoms in total. The number of carbonyl (C=O) groups excluding carboxylic acids is 1. The fourth-order valence-electron chi connectivity index (χ4n) is 1.81. The van der Waals surface area contributed by atoms with Crippen molar-refractivity contribution in [3.63, 3.8) is 0 Å². The summed E-state index contributed by atoms with van der Waals surface area (Å²) >= 11 is 0. The predicted octanol–water partition coefficient (Wildman–Crippen LogP) is 3.17. The highest BCUT2D eigenvalue weighted by Gasteiger charge is 2.21.